The van der Waals surface area contributed by atoms with Gasteiger partial charge in [-0.2, -0.15) is 13.2 Å². The van der Waals surface area contributed by atoms with Crippen LogP contribution >= 0.6 is 23.1 Å². The van der Waals surface area contributed by atoms with Crippen molar-refractivity contribution >= 4 is 23.1 Å². The molecule has 3 heterocycles. The van der Waals surface area contributed by atoms with E-state index in [1.807, 2.05) is 17.5 Å². The lowest BCUT2D eigenvalue weighted by Gasteiger charge is -2.14. The standard InChI is InChI=1S/C19H14F3N3OS2/c20-19(21,22)12-25-15(13-5-2-1-3-6-13)9-23-18(25)28-11-14-10-27-17(24-14)16-7-4-8-26-16/h1-10H,11-12H2. The van der Waals surface area contributed by atoms with Crippen molar-refractivity contribution in [3.63, 3.8) is 0 Å². The lowest BCUT2D eigenvalue weighted by Crippen LogP contribution is -2.19. The number of benzene rings is 1. The molecule has 4 rings (SSSR count). The van der Waals surface area contributed by atoms with Crippen LogP contribution in [0.4, 0.5) is 13.2 Å². The van der Waals surface area contributed by atoms with Gasteiger partial charge in [-0.3, -0.25) is 0 Å². The zero-order valence-electron chi connectivity index (χ0n) is 14.4. The lowest BCUT2D eigenvalue weighted by molar-refractivity contribution is -0.141. The first kappa shape index (κ1) is 18.8. The van der Waals surface area contributed by atoms with Gasteiger partial charge in [0.25, 0.3) is 0 Å². The second-order valence-electron chi connectivity index (χ2n) is 5.90. The van der Waals surface area contributed by atoms with Crippen molar-refractivity contribution in [2.45, 2.75) is 23.6 Å². The number of thioether (sulfide) groups is 1. The van der Waals surface area contributed by atoms with Gasteiger partial charge in [0.2, 0.25) is 0 Å². The van der Waals surface area contributed by atoms with Gasteiger partial charge in [-0.1, -0.05) is 42.1 Å². The maximum atomic E-state index is 13.1. The molecule has 0 atom stereocenters. The van der Waals surface area contributed by atoms with Crippen molar-refractivity contribution < 1.29 is 17.6 Å². The van der Waals surface area contributed by atoms with Gasteiger partial charge in [-0.25, -0.2) is 9.97 Å². The molecule has 0 bridgehead atoms. The van der Waals surface area contributed by atoms with Crippen LogP contribution in [0.3, 0.4) is 0 Å². The second kappa shape index (κ2) is 7.84. The van der Waals surface area contributed by atoms with Crippen LogP contribution in [-0.2, 0) is 12.3 Å². The molecular weight excluding hydrogens is 407 g/mol. The number of imidazole rings is 1. The van der Waals surface area contributed by atoms with Crippen molar-refractivity contribution in [1.29, 1.82) is 0 Å². The summed E-state index contributed by atoms with van der Waals surface area (Å²) in [5, 5.41) is 2.92. The number of aromatic nitrogens is 3. The Balaban J connectivity index is 1.56. The molecule has 0 spiro atoms. The number of thiazole rings is 1. The van der Waals surface area contributed by atoms with Crippen molar-refractivity contribution in [2.24, 2.45) is 0 Å². The molecule has 0 saturated heterocycles. The Kier molecular flexibility index (Phi) is 5.27. The molecular formula is C19H14F3N3OS2. The van der Waals surface area contributed by atoms with Crippen LogP contribution in [0.1, 0.15) is 5.69 Å². The summed E-state index contributed by atoms with van der Waals surface area (Å²) in [5.41, 5.74) is 1.90. The van der Waals surface area contributed by atoms with Crippen LogP contribution in [-0.4, -0.2) is 20.7 Å². The highest BCUT2D eigenvalue weighted by Gasteiger charge is 2.30. The summed E-state index contributed by atoms with van der Waals surface area (Å²) in [6, 6.07) is 12.5. The minimum absolute atomic E-state index is 0.309. The molecule has 28 heavy (non-hydrogen) atoms. The summed E-state index contributed by atoms with van der Waals surface area (Å²) in [5.74, 6) is 1.09. The topological polar surface area (TPSA) is 43.9 Å². The average Bonchev–Trinajstić information content (AvgIpc) is 3.40. The third-order valence-corrected chi connectivity index (χ3v) is 5.79. The Bertz CT molecular complexity index is 1040. The molecule has 144 valence electrons. The van der Waals surface area contributed by atoms with Gasteiger partial charge < -0.3 is 8.98 Å². The fourth-order valence-electron chi connectivity index (χ4n) is 2.67. The molecule has 0 N–H and O–H groups in total. The summed E-state index contributed by atoms with van der Waals surface area (Å²) in [4.78, 5) is 8.71. The van der Waals surface area contributed by atoms with Crippen LogP contribution in [0.5, 0.6) is 0 Å². The Labute approximate surface area is 167 Å². The van der Waals surface area contributed by atoms with Crippen LogP contribution in [0.25, 0.3) is 22.0 Å². The van der Waals surface area contributed by atoms with E-state index in [9.17, 15) is 13.2 Å². The summed E-state index contributed by atoms with van der Waals surface area (Å²) < 4.78 is 45.9. The number of alkyl halides is 3. The first-order chi connectivity index (χ1) is 13.5. The van der Waals surface area contributed by atoms with Gasteiger partial charge in [0.1, 0.15) is 6.54 Å². The van der Waals surface area contributed by atoms with Crippen molar-refractivity contribution in [1.82, 2.24) is 14.5 Å². The number of hydrogen-bond acceptors (Lipinski definition) is 5. The highest BCUT2D eigenvalue weighted by Crippen LogP contribution is 2.32. The van der Waals surface area contributed by atoms with E-state index in [0.29, 0.717) is 27.9 Å². The highest BCUT2D eigenvalue weighted by atomic mass is 32.2. The average molecular weight is 421 g/mol. The van der Waals surface area contributed by atoms with Crippen molar-refractivity contribution in [3.05, 3.63) is 66.0 Å². The molecule has 1 aromatic carbocycles. The normalized spacial score (nSPS) is 11.8. The Hall–Kier alpha value is -2.52. The molecule has 0 aliphatic rings. The molecule has 0 radical (unpaired) electrons. The maximum absolute atomic E-state index is 13.1. The van der Waals surface area contributed by atoms with Crippen LogP contribution in [0, 0.1) is 0 Å². The van der Waals surface area contributed by atoms with Crippen LogP contribution < -0.4 is 0 Å². The van der Waals surface area contributed by atoms with Crippen LogP contribution in [0.15, 0.2) is 69.9 Å². The molecule has 0 aliphatic carbocycles. The summed E-state index contributed by atoms with van der Waals surface area (Å²) in [7, 11) is 0. The van der Waals surface area contributed by atoms with Gasteiger partial charge in [-0.15, -0.1) is 11.3 Å². The smallest absolute Gasteiger partial charge is 0.406 e. The van der Waals surface area contributed by atoms with Crippen molar-refractivity contribution in [2.75, 3.05) is 0 Å². The maximum Gasteiger partial charge on any atom is 0.406 e. The van der Waals surface area contributed by atoms with Gasteiger partial charge in [0, 0.05) is 11.1 Å². The first-order valence-corrected chi connectivity index (χ1v) is 10.1. The third-order valence-electron chi connectivity index (χ3n) is 3.86. The zero-order chi connectivity index (χ0) is 19.6. The largest absolute Gasteiger partial charge is 0.462 e. The van der Waals surface area contributed by atoms with E-state index in [-0.39, 0.29) is 0 Å². The highest BCUT2D eigenvalue weighted by molar-refractivity contribution is 7.98. The van der Waals surface area contributed by atoms with Gasteiger partial charge >= 0.3 is 6.18 Å². The first-order valence-electron chi connectivity index (χ1n) is 8.28. The van der Waals surface area contributed by atoms with E-state index in [1.165, 1.54) is 33.9 Å². The Morgan fingerprint density at radius 2 is 1.93 bits per heavy atom. The van der Waals surface area contributed by atoms with E-state index < -0.39 is 12.7 Å². The third kappa shape index (κ3) is 4.31. The van der Waals surface area contributed by atoms with E-state index in [1.54, 1.807) is 36.6 Å². The fourth-order valence-corrected chi connectivity index (χ4v) is 4.43. The number of rotatable bonds is 6. The molecule has 4 nitrogen and oxygen atoms in total. The quantitative estimate of drug-likeness (QED) is 0.352. The minimum atomic E-state index is -4.34. The van der Waals surface area contributed by atoms with Crippen LogP contribution in [0.2, 0.25) is 0 Å². The van der Waals surface area contributed by atoms with E-state index in [0.717, 1.165) is 10.7 Å². The second-order valence-corrected chi connectivity index (χ2v) is 7.70. The van der Waals surface area contributed by atoms with E-state index in [4.69, 9.17) is 4.42 Å². The summed E-state index contributed by atoms with van der Waals surface area (Å²) in [6.07, 6.45) is -1.28. The molecule has 0 fully saturated rings. The predicted molar refractivity (Wildman–Crippen MR) is 103 cm³/mol. The number of hydrogen-bond donors (Lipinski definition) is 0. The predicted octanol–water partition coefficient (Wildman–Crippen LogP) is 6.12. The SMILES string of the molecule is FC(F)(F)Cn1c(-c2ccccc2)cnc1SCc1csc(-c2ccco2)n1. The molecule has 0 saturated carbocycles. The zero-order valence-corrected chi connectivity index (χ0v) is 16.0. The molecule has 3 aromatic heterocycles. The van der Waals surface area contributed by atoms with Crippen molar-refractivity contribution in [3.8, 4) is 22.0 Å². The number of furan rings is 1. The molecule has 4 aromatic rings. The molecule has 0 amide bonds. The minimum Gasteiger partial charge on any atom is -0.462 e. The summed E-state index contributed by atoms with van der Waals surface area (Å²) in [6.45, 7) is -1.09. The number of halogens is 3. The monoisotopic (exact) mass is 421 g/mol. The van der Waals surface area contributed by atoms with Gasteiger partial charge in [-0.05, 0) is 17.7 Å². The fraction of sp³-hybridized carbons (Fsp3) is 0.158. The summed E-state index contributed by atoms with van der Waals surface area (Å²) >= 11 is 2.67. The lowest BCUT2D eigenvalue weighted by atomic mass is 10.2. The number of nitrogens with zero attached hydrogens (tertiary/aromatic N) is 3. The van der Waals surface area contributed by atoms with Gasteiger partial charge in [0.05, 0.1) is 23.8 Å². The Morgan fingerprint density at radius 1 is 1.11 bits per heavy atom. The molecule has 0 unspecified atom stereocenters. The molecule has 0 aliphatic heterocycles. The van der Waals surface area contributed by atoms with E-state index >= 15 is 0 Å². The van der Waals surface area contributed by atoms with E-state index in [2.05, 4.69) is 9.97 Å². The Morgan fingerprint density at radius 3 is 2.64 bits per heavy atom. The molecule has 9 heteroatoms. The van der Waals surface area contributed by atoms with Gasteiger partial charge in [0.15, 0.2) is 15.9 Å².